The smallest absolute Gasteiger partial charge is 0.288 e. The average molecular weight is 189 g/mol. The summed E-state index contributed by atoms with van der Waals surface area (Å²) in [5.41, 5.74) is 4.74. The van der Waals surface area contributed by atoms with Crippen LogP contribution in [0.5, 0.6) is 0 Å². The second-order valence-electron chi connectivity index (χ2n) is 2.22. The quantitative estimate of drug-likeness (QED) is 0.736. The molecule has 0 spiro atoms. The van der Waals surface area contributed by atoms with Crippen molar-refractivity contribution in [2.24, 2.45) is 0 Å². The Hall–Kier alpha value is -1.26. The number of nitrogens with zero attached hydrogens (tertiary/aromatic N) is 2. The molecule has 2 N–H and O–H groups in total. The van der Waals surface area contributed by atoms with Crippen molar-refractivity contribution >= 4 is 5.82 Å². The highest BCUT2D eigenvalue weighted by Gasteiger charge is 2.26. The molecule has 1 heterocycles. The Bertz CT molecular complexity index is 258. The number of rotatable bonds is 1. The third-order valence-electron chi connectivity index (χ3n) is 1.10. The summed E-state index contributed by atoms with van der Waals surface area (Å²) in [6.45, 7) is 4.75. The fourth-order valence-electron chi connectivity index (χ4n) is 0.593. The van der Waals surface area contributed by atoms with Gasteiger partial charge in [0.1, 0.15) is 11.5 Å². The molecular weight excluding hydrogens is 176 g/mol. The summed E-state index contributed by atoms with van der Waals surface area (Å²) in [4.78, 5) is 6.89. The number of alkyl halides is 2. The van der Waals surface area contributed by atoms with Gasteiger partial charge in [-0.3, -0.25) is 4.98 Å². The largest absolute Gasteiger partial charge is 0.382 e. The van der Waals surface area contributed by atoms with Crippen LogP contribution in [-0.4, -0.2) is 9.97 Å². The van der Waals surface area contributed by atoms with Gasteiger partial charge in [0.25, 0.3) is 5.92 Å². The van der Waals surface area contributed by atoms with Crippen molar-refractivity contribution in [3.8, 4) is 0 Å². The van der Waals surface area contributed by atoms with Gasteiger partial charge in [-0.05, 0) is 0 Å². The zero-order valence-corrected chi connectivity index (χ0v) is 7.88. The van der Waals surface area contributed by atoms with Gasteiger partial charge in [-0.1, -0.05) is 13.8 Å². The van der Waals surface area contributed by atoms with Crippen LogP contribution >= 0.6 is 0 Å². The van der Waals surface area contributed by atoms with Crippen LogP contribution in [-0.2, 0) is 5.92 Å². The highest BCUT2D eigenvalue weighted by atomic mass is 19.3. The predicted octanol–water partition coefficient (Wildman–Crippen LogP) is 2.20. The SMILES string of the molecule is CC.CC(F)(F)c1cncc(N)n1. The molecule has 1 aromatic heterocycles. The van der Waals surface area contributed by atoms with Crippen LogP contribution in [0.2, 0.25) is 0 Å². The van der Waals surface area contributed by atoms with Crippen LogP contribution in [0.3, 0.4) is 0 Å². The van der Waals surface area contributed by atoms with E-state index in [-0.39, 0.29) is 5.82 Å². The maximum atomic E-state index is 12.5. The Balaban J connectivity index is 0.000000671. The number of hydrogen-bond acceptors (Lipinski definition) is 3. The van der Waals surface area contributed by atoms with Gasteiger partial charge in [0.2, 0.25) is 0 Å². The average Bonchev–Trinajstić information content (AvgIpc) is 2.06. The third-order valence-corrected chi connectivity index (χ3v) is 1.10. The highest BCUT2D eigenvalue weighted by molar-refractivity contribution is 5.24. The summed E-state index contributed by atoms with van der Waals surface area (Å²) in [7, 11) is 0. The Morgan fingerprint density at radius 3 is 2.15 bits per heavy atom. The summed E-state index contributed by atoms with van der Waals surface area (Å²) in [6.07, 6.45) is 2.21. The van der Waals surface area contributed by atoms with Gasteiger partial charge in [-0.15, -0.1) is 0 Å². The van der Waals surface area contributed by atoms with Crippen molar-refractivity contribution in [3.63, 3.8) is 0 Å². The molecule has 0 bridgehead atoms. The van der Waals surface area contributed by atoms with E-state index in [9.17, 15) is 8.78 Å². The topological polar surface area (TPSA) is 51.8 Å². The molecule has 0 aliphatic carbocycles. The standard InChI is InChI=1S/C6H7F2N3.C2H6/c1-6(7,8)4-2-10-3-5(9)11-4;1-2/h2-3H,1H3,(H2,9,11);1-2H3. The molecule has 1 rings (SSSR count). The van der Waals surface area contributed by atoms with Gasteiger partial charge in [0, 0.05) is 6.92 Å². The van der Waals surface area contributed by atoms with Crippen molar-refractivity contribution < 1.29 is 8.78 Å². The molecule has 0 radical (unpaired) electrons. The fraction of sp³-hybridized carbons (Fsp3) is 0.500. The zero-order valence-electron chi connectivity index (χ0n) is 7.88. The Morgan fingerprint density at radius 2 is 1.85 bits per heavy atom. The Morgan fingerprint density at radius 1 is 1.31 bits per heavy atom. The van der Waals surface area contributed by atoms with Crippen LogP contribution < -0.4 is 5.73 Å². The fourth-order valence-corrected chi connectivity index (χ4v) is 0.593. The van der Waals surface area contributed by atoms with E-state index < -0.39 is 11.6 Å². The summed E-state index contributed by atoms with van der Waals surface area (Å²) in [6, 6.07) is 0. The first-order valence-electron chi connectivity index (χ1n) is 3.96. The van der Waals surface area contributed by atoms with Crippen molar-refractivity contribution in [3.05, 3.63) is 18.1 Å². The van der Waals surface area contributed by atoms with E-state index in [1.165, 1.54) is 6.20 Å². The molecule has 0 saturated heterocycles. The van der Waals surface area contributed by atoms with E-state index >= 15 is 0 Å². The van der Waals surface area contributed by atoms with Crippen molar-refractivity contribution in [1.82, 2.24) is 9.97 Å². The summed E-state index contributed by atoms with van der Waals surface area (Å²) in [5, 5.41) is 0. The lowest BCUT2D eigenvalue weighted by atomic mass is 10.3. The molecule has 3 nitrogen and oxygen atoms in total. The zero-order chi connectivity index (χ0) is 10.5. The van der Waals surface area contributed by atoms with Crippen LogP contribution in [0, 0.1) is 0 Å². The van der Waals surface area contributed by atoms with Gasteiger partial charge in [-0.2, -0.15) is 8.78 Å². The van der Waals surface area contributed by atoms with Crippen LogP contribution in [0.1, 0.15) is 26.5 Å². The van der Waals surface area contributed by atoms with Gasteiger partial charge in [0.15, 0.2) is 0 Å². The minimum atomic E-state index is -2.97. The molecule has 0 fully saturated rings. The summed E-state index contributed by atoms with van der Waals surface area (Å²) < 4.78 is 25.0. The summed E-state index contributed by atoms with van der Waals surface area (Å²) >= 11 is 0. The molecule has 0 unspecified atom stereocenters. The first kappa shape index (κ1) is 11.7. The maximum absolute atomic E-state index is 12.5. The molecule has 0 atom stereocenters. The molecule has 5 heteroatoms. The van der Waals surface area contributed by atoms with E-state index in [0.29, 0.717) is 0 Å². The minimum Gasteiger partial charge on any atom is -0.382 e. The first-order chi connectivity index (χ1) is 6.00. The molecule has 13 heavy (non-hydrogen) atoms. The normalized spacial score (nSPS) is 10.2. The third kappa shape index (κ3) is 3.78. The van der Waals surface area contributed by atoms with Crippen LogP contribution in [0.15, 0.2) is 12.4 Å². The minimum absolute atomic E-state index is 0.00373. The van der Waals surface area contributed by atoms with Crippen molar-refractivity contribution in [1.29, 1.82) is 0 Å². The highest BCUT2D eigenvalue weighted by Crippen LogP contribution is 2.24. The van der Waals surface area contributed by atoms with Crippen molar-refractivity contribution in [2.75, 3.05) is 5.73 Å². The molecule has 74 valence electrons. The van der Waals surface area contributed by atoms with Crippen molar-refractivity contribution in [2.45, 2.75) is 26.7 Å². The number of hydrogen-bond donors (Lipinski definition) is 1. The van der Waals surface area contributed by atoms with E-state index in [0.717, 1.165) is 13.1 Å². The number of halogens is 2. The first-order valence-corrected chi connectivity index (χ1v) is 3.96. The van der Waals surface area contributed by atoms with E-state index in [2.05, 4.69) is 9.97 Å². The molecule has 1 aromatic rings. The van der Waals surface area contributed by atoms with E-state index in [4.69, 9.17) is 5.73 Å². The van der Waals surface area contributed by atoms with Gasteiger partial charge in [0.05, 0.1) is 12.4 Å². The van der Waals surface area contributed by atoms with Crippen LogP contribution in [0.4, 0.5) is 14.6 Å². The number of anilines is 1. The Labute approximate surface area is 76.0 Å². The number of aromatic nitrogens is 2. The predicted molar refractivity (Wildman–Crippen MR) is 47.4 cm³/mol. The lowest BCUT2D eigenvalue weighted by molar-refractivity contribution is 0.0125. The molecule has 0 saturated carbocycles. The number of nitrogen functional groups attached to an aromatic ring is 1. The molecule has 0 aliphatic heterocycles. The summed E-state index contributed by atoms with van der Waals surface area (Å²) in [5.74, 6) is -2.97. The molecular formula is C8H13F2N3. The lowest BCUT2D eigenvalue weighted by Gasteiger charge is -2.07. The lowest BCUT2D eigenvalue weighted by Crippen LogP contribution is -2.11. The Kier molecular flexibility index (Phi) is 4.23. The van der Waals surface area contributed by atoms with Gasteiger partial charge < -0.3 is 5.73 Å². The van der Waals surface area contributed by atoms with E-state index in [1.54, 1.807) is 0 Å². The van der Waals surface area contributed by atoms with E-state index in [1.807, 2.05) is 13.8 Å². The second-order valence-corrected chi connectivity index (χ2v) is 2.22. The monoisotopic (exact) mass is 189 g/mol. The maximum Gasteiger partial charge on any atom is 0.288 e. The number of nitrogens with two attached hydrogens (primary N) is 1. The second kappa shape index (κ2) is 4.69. The van der Waals surface area contributed by atoms with Gasteiger partial charge >= 0.3 is 0 Å². The molecule has 0 aliphatic rings. The molecule has 0 amide bonds. The van der Waals surface area contributed by atoms with Gasteiger partial charge in [-0.25, -0.2) is 4.98 Å². The molecule has 0 aromatic carbocycles. The van der Waals surface area contributed by atoms with Crippen LogP contribution in [0.25, 0.3) is 0 Å².